The lowest BCUT2D eigenvalue weighted by Crippen LogP contribution is -2.24. The molecule has 0 saturated carbocycles. The normalized spacial score (nSPS) is 14.9. The second-order valence-corrected chi connectivity index (χ2v) is 37.9. The number of methoxy groups -OCH3 is 2. The summed E-state index contributed by atoms with van der Waals surface area (Å²) in [6.45, 7) is 29.1. The van der Waals surface area contributed by atoms with Crippen molar-refractivity contribution in [1.29, 1.82) is 0 Å². The van der Waals surface area contributed by atoms with E-state index in [9.17, 15) is 33.2 Å². The molecule has 86 heavy (non-hydrogen) atoms. The maximum Gasteiger partial charge on any atom is 0.384 e. The van der Waals surface area contributed by atoms with Crippen molar-refractivity contribution in [1.82, 2.24) is 0 Å². The van der Waals surface area contributed by atoms with Crippen LogP contribution >= 0.6 is 15.2 Å². The van der Waals surface area contributed by atoms with Gasteiger partial charge in [0, 0.05) is 38.4 Å². The van der Waals surface area contributed by atoms with Crippen molar-refractivity contribution in [3.8, 4) is 34.5 Å². The number of carbonyl (C=O) groups excluding carboxylic acids is 4. The van der Waals surface area contributed by atoms with Gasteiger partial charge in [0.25, 0.3) is 0 Å². The molecule has 2 unspecified atom stereocenters. The fourth-order valence-corrected chi connectivity index (χ4v) is 13.4. The highest BCUT2D eigenvalue weighted by molar-refractivity contribution is 7.54. The van der Waals surface area contributed by atoms with Gasteiger partial charge in [-0.25, -0.2) is 28.3 Å². The van der Waals surface area contributed by atoms with Crippen LogP contribution < -0.4 is 28.0 Å². The van der Waals surface area contributed by atoms with Crippen LogP contribution in [0, 0.1) is 13.8 Å². The summed E-state index contributed by atoms with van der Waals surface area (Å²) in [4.78, 5) is 58.3. The summed E-state index contributed by atoms with van der Waals surface area (Å²) in [5.74, 6) is 0.921. The molecule has 2 aliphatic rings. The Morgan fingerprint density at radius 1 is 0.640 bits per heavy atom. The zero-order chi connectivity index (χ0) is 63.5. The molecule has 0 bridgehead atoms. The molecule has 4 aromatic carbocycles. The van der Waals surface area contributed by atoms with Crippen LogP contribution in [0.15, 0.2) is 84.0 Å². The molecule has 0 saturated heterocycles. The number of allylic oxidation sites excluding steroid dienone is 4. The van der Waals surface area contributed by atoms with Crippen molar-refractivity contribution >= 4 is 55.2 Å². The third kappa shape index (κ3) is 22.5. The lowest BCUT2D eigenvalue weighted by atomic mass is 9.95. The second-order valence-electron chi connectivity index (χ2n) is 22.9. The quantitative estimate of drug-likeness (QED) is 0.0176. The number of aliphatic hydroxyl groups excluding tert-OH is 1. The van der Waals surface area contributed by atoms with E-state index in [1.165, 1.54) is 13.8 Å². The Labute approximate surface area is 511 Å². The molecule has 4 aromatic rings. The first-order valence-electron chi connectivity index (χ1n) is 28.3. The Hall–Kier alpha value is -6.19. The van der Waals surface area contributed by atoms with E-state index in [0.717, 1.165) is 39.9 Å². The Kier molecular flexibility index (Phi) is 29.1. The number of ether oxygens (including phenoxy) is 8. The summed E-state index contributed by atoms with van der Waals surface area (Å²) in [6, 6.07) is 19.1. The molecule has 0 fully saturated rings. The Morgan fingerprint density at radius 2 is 1.03 bits per heavy atom. The van der Waals surface area contributed by atoms with E-state index in [0.29, 0.717) is 95.0 Å². The maximum atomic E-state index is 14.0. The summed E-state index contributed by atoms with van der Waals surface area (Å²) in [5.41, 5.74) is 6.94. The van der Waals surface area contributed by atoms with Crippen LogP contribution in [0.2, 0.25) is 51.4 Å². The summed E-state index contributed by atoms with van der Waals surface area (Å²) >= 11 is 0. The minimum Gasteiger partial charge on any atom is -0.496 e. The van der Waals surface area contributed by atoms with Crippen molar-refractivity contribution in [3.63, 3.8) is 0 Å². The van der Waals surface area contributed by atoms with E-state index in [1.807, 2.05) is 45.1 Å². The Morgan fingerprint density at radius 3 is 1.41 bits per heavy atom. The van der Waals surface area contributed by atoms with Crippen LogP contribution in [-0.4, -0.2) is 115 Å². The fourth-order valence-electron chi connectivity index (χ4n) is 8.78. The first-order valence-corrected chi connectivity index (χ1v) is 39.2. The summed E-state index contributed by atoms with van der Waals surface area (Å²) in [6.07, 6.45) is 2.15. The van der Waals surface area contributed by atoms with Crippen molar-refractivity contribution < 1.29 is 89.8 Å². The van der Waals surface area contributed by atoms with Gasteiger partial charge in [-0.05, 0) is 116 Å². The number of benzene rings is 4. The average molecular weight is 1270 g/mol. The van der Waals surface area contributed by atoms with Gasteiger partial charge in [0.05, 0.1) is 53.0 Å². The summed E-state index contributed by atoms with van der Waals surface area (Å²) in [7, 11) is -7.32. The summed E-state index contributed by atoms with van der Waals surface area (Å²) < 4.78 is 87.8. The highest BCUT2D eigenvalue weighted by Crippen LogP contribution is 2.52. The molecule has 0 aromatic heterocycles. The van der Waals surface area contributed by atoms with Gasteiger partial charge in [0.15, 0.2) is 6.10 Å². The van der Waals surface area contributed by atoms with Crippen molar-refractivity contribution in [2.45, 2.75) is 152 Å². The van der Waals surface area contributed by atoms with Gasteiger partial charge >= 0.3 is 39.1 Å². The van der Waals surface area contributed by atoms with Crippen LogP contribution in [0.4, 0.5) is 0 Å². The van der Waals surface area contributed by atoms with Crippen LogP contribution in [-0.2, 0) is 68.2 Å². The predicted molar refractivity (Wildman–Crippen MR) is 339 cm³/mol. The smallest absolute Gasteiger partial charge is 0.384 e. The largest absolute Gasteiger partial charge is 0.496 e. The Bertz CT molecular complexity index is 3090. The van der Waals surface area contributed by atoms with Crippen molar-refractivity contribution in [2.24, 2.45) is 0 Å². The molecule has 0 aliphatic carbocycles. The number of hydrogen-bond acceptors (Lipinski definition) is 18. The average Bonchev–Trinajstić information content (AvgIpc) is 1.55. The van der Waals surface area contributed by atoms with E-state index in [-0.39, 0.29) is 39.6 Å². The number of esters is 4. The van der Waals surface area contributed by atoms with Gasteiger partial charge in [0.2, 0.25) is 0 Å². The Balaban J connectivity index is 0.000000399. The molecule has 476 valence electrons. The molecule has 4 atom stereocenters. The molecule has 23 heteroatoms. The van der Waals surface area contributed by atoms with Crippen molar-refractivity contribution in [2.75, 3.05) is 53.0 Å². The lowest BCUT2D eigenvalue weighted by Gasteiger charge is -2.23. The minimum absolute atomic E-state index is 0. The third-order valence-corrected chi connectivity index (χ3v) is 20.0. The van der Waals surface area contributed by atoms with Gasteiger partial charge in [-0.1, -0.05) is 106 Å². The highest BCUT2D eigenvalue weighted by atomic mass is 31.2. The van der Waals surface area contributed by atoms with Crippen LogP contribution in [0.3, 0.4) is 0 Å². The predicted octanol–water partition coefficient (Wildman–Crippen LogP) is 13.8. The molecule has 6 rings (SSSR count). The van der Waals surface area contributed by atoms with E-state index < -0.39 is 67.4 Å². The number of para-hydroxylation sites is 2. The van der Waals surface area contributed by atoms with Gasteiger partial charge in [-0.2, -0.15) is 0 Å². The highest BCUT2D eigenvalue weighted by Gasteiger charge is 2.37. The van der Waals surface area contributed by atoms with Gasteiger partial charge < -0.3 is 56.9 Å². The number of aliphatic hydroxyl groups is 1. The topological polar surface area (TPSA) is 244 Å². The van der Waals surface area contributed by atoms with E-state index in [4.69, 9.17) is 51.8 Å². The minimum atomic E-state index is -3.89. The van der Waals surface area contributed by atoms with Gasteiger partial charge in [-0.3, -0.25) is 4.52 Å². The molecule has 0 amide bonds. The SMILES string of the molecule is C.CCOC(=O)[C@H](C)O.CCOC(=O)[C@H](C)OP(=O)(C/C(C)=C/Cc1c(OC)c(C)c2c(c1OCC[Si](C)(C)C)C(=O)OC2)Oc1ccccc1.COc1c(C)c2c(c(OCC[Si](C)(C)C)c1C/C=C(\C)CP(=O)(O)Oc1ccccc1)C(=O)OC2. The van der Waals surface area contributed by atoms with Gasteiger partial charge in [-0.15, -0.1) is 0 Å². The number of cyclic esters (lactones) is 2. The number of carbonyl (C=O) groups is 4. The zero-order valence-electron chi connectivity index (χ0n) is 52.3. The molecule has 2 N–H and O–H groups in total. The monoisotopic (exact) mass is 1270 g/mol. The first kappa shape index (κ1) is 74.1. The second kappa shape index (κ2) is 33.8. The molecule has 19 nitrogen and oxygen atoms in total. The van der Waals surface area contributed by atoms with Gasteiger partial charge in [0.1, 0.15) is 64.9 Å². The summed E-state index contributed by atoms with van der Waals surface area (Å²) in [5, 5.41) is 8.48. The first-order chi connectivity index (χ1) is 39.9. The molecular formula is C63H92O19P2Si2. The molecular weight excluding hydrogens is 1180 g/mol. The van der Waals surface area contributed by atoms with E-state index in [2.05, 4.69) is 44.0 Å². The van der Waals surface area contributed by atoms with Crippen LogP contribution in [0.25, 0.3) is 0 Å². The maximum absolute atomic E-state index is 14.0. The van der Waals surface area contributed by atoms with E-state index >= 15 is 0 Å². The van der Waals surface area contributed by atoms with Crippen LogP contribution in [0.5, 0.6) is 34.5 Å². The third-order valence-electron chi connectivity index (χ3n) is 13.2. The van der Waals surface area contributed by atoms with Crippen LogP contribution in [0.1, 0.15) is 103 Å². The molecule has 2 aliphatic heterocycles. The molecule has 2 heterocycles. The number of rotatable bonds is 28. The van der Waals surface area contributed by atoms with E-state index in [1.54, 1.807) is 83.5 Å². The number of fused-ring (bicyclic) bond motifs is 2. The molecule has 0 radical (unpaired) electrons. The lowest BCUT2D eigenvalue weighted by molar-refractivity contribution is -0.152. The zero-order valence-corrected chi connectivity index (χ0v) is 56.1. The standard InChI is InChI=1S/C31H43O9PSi.C26H35O7PSi.C5H10O3.CH4/c1-9-36-30(32)23(4)39-41(34,40-24-13-11-10-12-14-24)20-21(2)15-16-25-28(35-5)22(3)26-19-38-31(33)27(26)29(25)37-17-18-42(6,7)8;1-18(17-34(28,29)33-20-10-8-7-9-11-20)12-13-21-24(30-3)19(2)22-16-32-26(27)23(22)25(21)31-14-15-35(4,5)6;1-3-8-5(7)4(2)6;/h10-15,23H,9,16-20H2,1-8H3;7-12H,13-17H2,1-6H3,(H,28,29);4,6H,3H2,1-2H3;1H4/b21-15+;18-12+;;/t23-,41?;;4-;/m0.0./s1. The molecule has 0 spiro atoms. The number of hydrogen-bond donors (Lipinski definition) is 2. The fraction of sp³-hybridized carbons (Fsp3) is 0.492. The van der Waals surface area contributed by atoms with Crippen molar-refractivity contribution in [3.05, 3.63) is 128 Å².